The summed E-state index contributed by atoms with van der Waals surface area (Å²) in [5.41, 5.74) is 2.01. The summed E-state index contributed by atoms with van der Waals surface area (Å²) in [7, 11) is 0. The Balaban J connectivity index is 2.44. The van der Waals surface area contributed by atoms with Gasteiger partial charge in [-0.1, -0.05) is 24.6 Å². The third-order valence-corrected chi connectivity index (χ3v) is 3.51. The maximum absolute atomic E-state index is 9.24. The first-order valence-electron chi connectivity index (χ1n) is 6.65. The van der Waals surface area contributed by atoms with Crippen molar-refractivity contribution in [1.82, 2.24) is 10.3 Å². The van der Waals surface area contributed by atoms with E-state index in [1.165, 1.54) is 0 Å². The van der Waals surface area contributed by atoms with E-state index in [-0.39, 0.29) is 12.6 Å². The van der Waals surface area contributed by atoms with Gasteiger partial charge in [0.2, 0.25) is 0 Å². The lowest BCUT2D eigenvalue weighted by Crippen LogP contribution is -2.23. The standard InChI is InChI=1S/C15H19ClN2O/c1-2-8-17-14(7-10-19)12-5-6-13(16)11-4-3-9-18-15(11)12/h3-6,9,14,17,19H,2,7-8,10H2,1H3. The zero-order chi connectivity index (χ0) is 13.7. The highest BCUT2D eigenvalue weighted by Gasteiger charge is 2.15. The lowest BCUT2D eigenvalue weighted by molar-refractivity contribution is 0.266. The second-order valence-electron chi connectivity index (χ2n) is 4.56. The Morgan fingerprint density at radius 1 is 1.37 bits per heavy atom. The van der Waals surface area contributed by atoms with Crippen LogP contribution in [-0.4, -0.2) is 23.2 Å². The van der Waals surface area contributed by atoms with Crippen LogP contribution in [0.4, 0.5) is 0 Å². The number of aliphatic hydroxyl groups excluding tert-OH is 1. The zero-order valence-corrected chi connectivity index (χ0v) is 11.8. The maximum atomic E-state index is 9.24. The van der Waals surface area contributed by atoms with Crippen molar-refractivity contribution in [3.8, 4) is 0 Å². The van der Waals surface area contributed by atoms with Crippen molar-refractivity contribution in [3.63, 3.8) is 0 Å². The van der Waals surface area contributed by atoms with E-state index in [2.05, 4.69) is 17.2 Å². The van der Waals surface area contributed by atoms with Gasteiger partial charge in [0, 0.05) is 29.3 Å². The molecule has 0 aliphatic heterocycles. The van der Waals surface area contributed by atoms with E-state index < -0.39 is 0 Å². The predicted octanol–water partition coefficient (Wildman–Crippen LogP) is 3.31. The van der Waals surface area contributed by atoms with E-state index in [9.17, 15) is 5.11 Å². The van der Waals surface area contributed by atoms with Gasteiger partial charge in [-0.05, 0) is 43.1 Å². The van der Waals surface area contributed by atoms with Crippen molar-refractivity contribution >= 4 is 22.5 Å². The number of hydrogen-bond donors (Lipinski definition) is 2. The molecule has 1 atom stereocenters. The molecule has 0 aliphatic carbocycles. The molecule has 0 saturated heterocycles. The lowest BCUT2D eigenvalue weighted by Gasteiger charge is -2.19. The molecule has 2 N–H and O–H groups in total. The topological polar surface area (TPSA) is 45.1 Å². The minimum absolute atomic E-state index is 0.111. The Hall–Kier alpha value is -1.16. The first-order valence-corrected chi connectivity index (χ1v) is 7.03. The number of fused-ring (bicyclic) bond motifs is 1. The average Bonchev–Trinajstić information content (AvgIpc) is 2.45. The van der Waals surface area contributed by atoms with Gasteiger partial charge in [0.1, 0.15) is 0 Å². The van der Waals surface area contributed by atoms with Crippen LogP contribution >= 0.6 is 11.6 Å². The van der Waals surface area contributed by atoms with Crippen molar-refractivity contribution in [2.45, 2.75) is 25.8 Å². The van der Waals surface area contributed by atoms with E-state index in [0.29, 0.717) is 11.4 Å². The predicted molar refractivity (Wildman–Crippen MR) is 79.5 cm³/mol. The summed E-state index contributed by atoms with van der Waals surface area (Å²) in [5, 5.41) is 14.4. The molecule has 1 aromatic carbocycles. The third kappa shape index (κ3) is 3.24. The number of hydrogen-bond acceptors (Lipinski definition) is 3. The summed E-state index contributed by atoms with van der Waals surface area (Å²) in [4.78, 5) is 4.45. The molecule has 0 fully saturated rings. The van der Waals surface area contributed by atoms with Gasteiger partial charge < -0.3 is 10.4 Å². The monoisotopic (exact) mass is 278 g/mol. The second kappa shape index (κ2) is 6.85. The van der Waals surface area contributed by atoms with Gasteiger partial charge in [-0.3, -0.25) is 4.98 Å². The molecule has 0 bridgehead atoms. The first-order chi connectivity index (χ1) is 9.27. The van der Waals surface area contributed by atoms with Gasteiger partial charge in [-0.15, -0.1) is 0 Å². The molecule has 3 nitrogen and oxygen atoms in total. The quantitative estimate of drug-likeness (QED) is 0.852. The first kappa shape index (κ1) is 14.3. The molecule has 4 heteroatoms. The van der Waals surface area contributed by atoms with Crippen LogP contribution < -0.4 is 5.32 Å². The fraction of sp³-hybridized carbons (Fsp3) is 0.400. The molecule has 102 valence electrons. The van der Waals surface area contributed by atoms with Gasteiger partial charge in [0.25, 0.3) is 0 Å². The molecule has 0 saturated carbocycles. The fourth-order valence-corrected chi connectivity index (χ4v) is 2.47. The Morgan fingerprint density at radius 2 is 2.21 bits per heavy atom. The number of rotatable bonds is 6. The molecular formula is C15H19ClN2O. The van der Waals surface area contributed by atoms with Crippen molar-refractivity contribution in [1.29, 1.82) is 0 Å². The van der Waals surface area contributed by atoms with Crippen molar-refractivity contribution in [3.05, 3.63) is 41.0 Å². The number of halogens is 1. The van der Waals surface area contributed by atoms with Crippen LogP contribution in [0.2, 0.25) is 5.02 Å². The normalized spacial score (nSPS) is 12.8. The molecule has 1 aromatic heterocycles. The summed E-state index contributed by atoms with van der Waals surface area (Å²) >= 11 is 6.21. The highest BCUT2D eigenvalue weighted by atomic mass is 35.5. The minimum atomic E-state index is 0.111. The smallest absolute Gasteiger partial charge is 0.0764 e. The molecule has 2 rings (SSSR count). The number of aliphatic hydroxyl groups is 1. The van der Waals surface area contributed by atoms with E-state index >= 15 is 0 Å². The highest BCUT2D eigenvalue weighted by molar-refractivity contribution is 6.35. The maximum Gasteiger partial charge on any atom is 0.0764 e. The van der Waals surface area contributed by atoms with Crippen LogP contribution in [0, 0.1) is 0 Å². The number of nitrogens with one attached hydrogen (secondary N) is 1. The molecule has 0 radical (unpaired) electrons. The summed E-state index contributed by atoms with van der Waals surface area (Å²) in [5.74, 6) is 0. The van der Waals surface area contributed by atoms with Crippen LogP contribution in [0.25, 0.3) is 10.9 Å². The van der Waals surface area contributed by atoms with E-state index in [1.807, 2.05) is 24.3 Å². The second-order valence-corrected chi connectivity index (χ2v) is 4.96. The fourth-order valence-electron chi connectivity index (χ4n) is 2.26. The Bertz CT molecular complexity index is 545. The van der Waals surface area contributed by atoms with E-state index in [1.54, 1.807) is 6.20 Å². The Labute approximate surface area is 118 Å². The Morgan fingerprint density at radius 3 is 2.95 bits per heavy atom. The van der Waals surface area contributed by atoms with Crippen LogP contribution in [0.15, 0.2) is 30.5 Å². The average molecular weight is 279 g/mol. The summed E-state index contributed by atoms with van der Waals surface area (Å²) < 4.78 is 0. The third-order valence-electron chi connectivity index (χ3n) is 3.18. The van der Waals surface area contributed by atoms with Crippen LogP contribution in [0.3, 0.4) is 0 Å². The van der Waals surface area contributed by atoms with E-state index in [0.717, 1.165) is 29.4 Å². The van der Waals surface area contributed by atoms with Gasteiger partial charge in [-0.2, -0.15) is 0 Å². The number of pyridine rings is 1. The number of benzene rings is 1. The molecule has 19 heavy (non-hydrogen) atoms. The lowest BCUT2D eigenvalue weighted by atomic mass is 10.00. The highest BCUT2D eigenvalue weighted by Crippen LogP contribution is 2.29. The van der Waals surface area contributed by atoms with Gasteiger partial charge >= 0.3 is 0 Å². The van der Waals surface area contributed by atoms with Gasteiger partial charge in [-0.25, -0.2) is 0 Å². The minimum Gasteiger partial charge on any atom is -0.396 e. The van der Waals surface area contributed by atoms with Crippen LogP contribution in [0.5, 0.6) is 0 Å². The summed E-state index contributed by atoms with van der Waals surface area (Å²) in [6.07, 6.45) is 3.51. The van der Waals surface area contributed by atoms with Crippen molar-refractivity contribution in [2.75, 3.05) is 13.2 Å². The van der Waals surface area contributed by atoms with Crippen LogP contribution in [-0.2, 0) is 0 Å². The molecule has 2 aromatic rings. The molecule has 0 aliphatic rings. The SMILES string of the molecule is CCCNC(CCO)c1ccc(Cl)c2cccnc12. The van der Waals surface area contributed by atoms with E-state index in [4.69, 9.17) is 11.6 Å². The van der Waals surface area contributed by atoms with Gasteiger partial charge in [0.05, 0.1) is 5.52 Å². The Kier molecular flexibility index (Phi) is 5.14. The number of nitrogens with zero attached hydrogens (tertiary/aromatic N) is 1. The molecule has 0 amide bonds. The zero-order valence-electron chi connectivity index (χ0n) is 11.1. The summed E-state index contributed by atoms with van der Waals surface area (Å²) in [6, 6.07) is 7.88. The molecule has 1 unspecified atom stereocenters. The number of aromatic nitrogens is 1. The summed E-state index contributed by atoms with van der Waals surface area (Å²) in [6.45, 7) is 3.20. The van der Waals surface area contributed by atoms with Crippen LogP contribution in [0.1, 0.15) is 31.4 Å². The molecule has 1 heterocycles. The molecule has 0 spiro atoms. The van der Waals surface area contributed by atoms with Crippen molar-refractivity contribution in [2.24, 2.45) is 0 Å². The van der Waals surface area contributed by atoms with Gasteiger partial charge in [0.15, 0.2) is 0 Å². The van der Waals surface area contributed by atoms with Crippen molar-refractivity contribution < 1.29 is 5.11 Å². The largest absolute Gasteiger partial charge is 0.396 e. The molecular weight excluding hydrogens is 260 g/mol.